The predicted molar refractivity (Wildman–Crippen MR) is 64.5 cm³/mol. The van der Waals surface area contributed by atoms with E-state index in [2.05, 4.69) is 25.5 Å². The van der Waals surface area contributed by atoms with E-state index in [1.165, 1.54) is 0 Å². The van der Waals surface area contributed by atoms with Crippen LogP contribution in [0.4, 0.5) is 5.82 Å². The Hall–Kier alpha value is -1.69. The lowest BCUT2D eigenvalue weighted by Crippen LogP contribution is -2.47. The largest absolute Gasteiger partial charge is 0.369 e. The highest BCUT2D eigenvalue weighted by molar-refractivity contribution is 5.78. The van der Waals surface area contributed by atoms with Gasteiger partial charge in [-0.05, 0) is 6.92 Å². The monoisotopic (exact) mass is 235 g/mol. The molecule has 2 rings (SSSR count). The van der Waals surface area contributed by atoms with Crippen LogP contribution < -0.4 is 10.6 Å². The number of carbonyl (C=O) groups excluding carboxylic acids is 1. The average Bonchev–Trinajstić information content (AvgIpc) is 2.32. The fraction of sp³-hybridized carbons (Fsp3) is 0.545. The van der Waals surface area contributed by atoms with Crippen LogP contribution in [0.2, 0.25) is 0 Å². The first-order valence-corrected chi connectivity index (χ1v) is 5.82. The molecule has 1 amide bonds. The van der Waals surface area contributed by atoms with Gasteiger partial charge in [0.15, 0.2) is 0 Å². The summed E-state index contributed by atoms with van der Waals surface area (Å²) in [6.45, 7) is 5.54. The molecule has 1 aromatic rings. The third-order valence-electron chi connectivity index (χ3n) is 2.57. The van der Waals surface area contributed by atoms with Crippen molar-refractivity contribution >= 4 is 11.7 Å². The van der Waals surface area contributed by atoms with Crippen LogP contribution >= 0.6 is 0 Å². The maximum Gasteiger partial charge on any atom is 0.234 e. The van der Waals surface area contributed by atoms with Crippen molar-refractivity contribution in [3.8, 4) is 0 Å². The van der Waals surface area contributed by atoms with Crippen LogP contribution in [0.1, 0.15) is 12.6 Å². The van der Waals surface area contributed by atoms with Gasteiger partial charge in [-0.3, -0.25) is 14.7 Å². The van der Waals surface area contributed by atoms with Gasteiger partial charge in [-0.2, -0.15) is 0 Å². The Morgan fingerprint density at radius 1 is 1.47 bits per heavy atom. The van der Waals surface area contributed by atoms with Crippen LogP contribution in [0.5, 0.6) is 0 Å². The molecule has 17 heavy (non-hydrogen) atoms. The summed E-state index contributed by atoms with van der Waals surface area (Å²) in [5.41, 5.74) is 0.890. The zero-order chi connectivity index (χ0) is 12.1. The van der Waals surface area contributed by atoms with E-state index in [0.29, 0.717) is 19.6 Å². The van der Waals surface area contributed by atoms with Crippen molar-refractivity contribution in [1.29, 1.82) is 0 Å². The Balaban J connectivity index is 1.91. The second kappa shape index (κ2) is 5.58. The van der Waals surface area contributed by atoms with E-state index in [4.69, 9.17) is 0 Å². The van der Waals surface area contributed by atoms with Gasteiger partial charge in [-0.15, -0.1) is 0 Å². The molecule has 0 aromatic carbocycles. The van der Waals surface area contributed by atoms with Crippen LogP contribution in [-0.4, -0.2) is 47.0 Å². The summed E-state index contributed by atoms with van der Waals surface area (Å²) < 4.78 is 0. The summed E-state index contributed by atoms with van der Waals surface area (Å²) in [4.78, 5) is 21.8. The summed E-state index contributed by atoms with van der Waals surface area (Å²) in [6, 6.07) is 0. The first-order valence-electron chi connectivity index (χ1n) is 5.82. The molecule has 92 valence electrons. The molecule has 1 saturated heterocycles. The zero-order valence-electron chi connectivity index (χ0n) is 9.94. The number of nitrogens with zero attached hydrogens (tertiary/aromatic N) is 3. The average molecular weight is 235 g/mol. The Bertz CT molecular complexity index is 378. The second-order valence-electron chi connectivity index (χ2n) is 3.98. The summed E-state index contributed by atoms with van der Waals surface area (Å²) in [6.07, 6.45) is 3.48. The van der Waals surface area contributed by atoms with E-state index in [0.717, 1.165) is 24.6 Å². The van der Waals surface area contributed by atoms with Crippen molar-refractivity contribution in [1.82, 2.24) is 20.2 Å². The van der Waals surface area contributed by atoms with E-state index in [1.54, 1.807) is 12.4 Å². The summed E-state index contributed by atoms with van der Waals surface area (Å²) in [5, 5.41) is 5.89. The lowest BCUT2D eigenvalue weighted by atomic mass is 10.3. The van der Waals surface area contributed by atoms with Gasteiger partial charge in [0.25, 0.3) is 0 Å². The van der Waals surface area contributed by atoms with E-state index < -0.39 is 0 Å². The number of hydrogen-bond acceptors (Lipinski definition) is 5. The number of aromatic nitrogens is 2. The molecule has 0 spiro atoms. The van der Waals surface area contributed by atoms with Crippen molar-refractivity contribution in [2.45, 2.75) is 13.5 Å². The molecule has 1 aliphatic heterocycles. The lowest BCUT2D eigenvalue weighted by Gasteiger charge is -2.25. The Morgan fingerprint density at radius 3 is 3.00 bits per heavy atom. The van der Waals surface area contributed by atoms with E-state index in [-0.39, 0.29) is 5.91 Å². The van der Waals surface area contributed by atoms with E-state index in [1.807, 2.05) is 6.92 Å². The highest BCUT2D eigenvalue weighted by Gasteiger charge is 2.16. The minimum atomic E-state index is 0.0773. The predicted octanol–water partition coefficient (Wildman–Crippen LogP) is -0.160. The molecule has 2 N–H and O–H groups in total. The van der Waals surface area contributed by atoms with Crippen molar-refractivity contribution in [3.63, 3.8) is 0 Å². The minimum absolute atomic E-state index is 0.0773. The number of hydrogen-bond donors (Lipinski definition) is 2. The van der Waals surface area contributed by atoms with Gasteiger partial charge in [0.05, 0.1) is 24.6 Å². The first-order chi connectivity index (χ1) is 8.28. The number of rotatable bonds is 4. The number of carbonyl (C=O) groups is 1. The maximum absolute atomic E-state index is 11.2. The molecule has 6 nitrogen and oxygen atoms in total. The van der Waals surface area contributed by atoms with E-state index >= 15 is 0 Å². The zero-order valence-corrected chi connectivity index (χ0v) is 9.94. The fourth-order valence-electron chi connectivity index (χ4n) is 1.76. The quantitative estimate of drug-likeness (QED) is 0.759. The third kappa shape index (κ3) is 3.39. The highest BCUT2D eigenvalue weighted by Crippen LogP contribution is 2.05. The fourth-order valence-corrected chi connectivity index (χ4v) is 1.76. The molecular formula is C11H17N5O. The minimum Gasteiger partial charge on any atom is -0.369 e. The van der Waals surface area contributed by atoms with Gasteiger partial charge < -0.3 is 10.6 Å². The second-order valence-corrected chi connectivity index (χ2v) is 3.98. The Morgan fingerprint density at radius 2 is 2.35 bits per heavy atom. The Labute approximate surface area is 100 Å². The van der Waals surface area contributed by atoms with Gasteiger partial charge in [0.1, 0.15) is 5.82 Å². The van der Waals surface area contributed by atoms with E-state index in [9.17, 15) is 4.79 Å². The molecule has 0 radical (unpaired) electrons. The molecule has 1 aromatic heterocycles. The molecule has 0 unspecified atom stereocenters. The van der Waals surface area contributed by atoms with Crippen molar-refractivity contribution in [2.75, 3.05) is 31.5 Å². The summed E-state index contributed by atoms with van der Waals surface area (Å²) >= 11 is 0. The number of amides is 1. The van der Waals surface area contributed by atoms with Gasteiger partial charge in [0, 0.05) is 26.2 Å². The molecular weight excluding hydrogens is 218 g/mol. The van der Waals surface area contributed by atoms with Gasteiger partial charge in [-0.25, -0.2) is 4.98 Å². The number of anilines is 1. The molecule has 0 bridgehead atoms. The standard InChI is InChI=1S/C11H17N5O/c1-2-12-10-6-14-9(5-15-10)7-16-4-3-13-11(17)8-16/h5-6H,2-4,7-8H2,1H3,(H,12,15)(H,13,17). The van der Waals surface area contributed by atoms with Gasteiger partial charge in [-0.1, -0.05) is 0 Å². The molecule has 1 fully saturated rings. The maximum atomic E-state index is 11.2. The van der Waals surface area contributed by atoms with Crippen LogP contribution in [0, 0.1) is 0 Å². The molecule has 0 aliphatic carbocycles. The van der Waals surface area contributed by atoms with Crippen LogP contribution in [-0.2, 0) is 11.3 Å². The molecule has 0 atom stereocenters. The topological polar surface area (TPSA) is 70.2 Å². The molecule has 0 saturated carbocycles. The van der Waals surface area contributed by atoms with Crippen molar-refractivity contribution in [2.24, 2.45) is 0 Å². The smallest absolute Gasteiger partial charge is 0.234 e. The normalized spacial score (nSPS) is 16.6. The summed E-state index contributed by atoms with van der Waals surface area (Å²) in [5.74, 6) is 0.862. The SMILES string of the molecule is CCNc1cnc(CN2CCNC(=O)C2)cn1. The number of nitrogens with one attached hydrogen (secondary N) is 2. The van der Waals surface area contributed by atoms with Gasteiger partial charge in [0.2, 0.25) is 5.91 Å². The Kier molecular flexibility index (Phi) is 3.87. The lowest BCUT2D eigenvalue weighted by molar-refractivity contribution is -0.124. The van der Waals surface area contributed by atoms with Crippen LogP contribution in [0.25, 0.3) is 0 Å². The number of piperazine rings is 1. The van der Waals surface area contributed by atoms with Crippen LogP contribution in [0.3, 0.4) is 0 Å². The summed E-state index contributed by atoms with van der Waals surface area (Å²) in [7, 11) is 0. The highest BCUT2D eigenvalue weighted by atomic mass is 16.2. The molecule has 6 heteroatoms. The van der Waals surface area contributed by atoms with Crippen LogP contribution in [0.15, 0.2) is 12.4 Å². The van der Waals surface area contributed by atoms with Crippen molar-refractivity contribution in [3.05, 3.63) is 18.1 Å². The molecule has 2 heterocycles. The molecule has 1 aliphatic rings. The first kappa shape index (κ1) is 11.8. The van der Waals surface area contributed by atoms with Gasteiger partial charge >= 0.3 is 0 Å². The third-order valence-corrected chi connectivity index (χ3v) is 2.57. The van der Waals surface area contributed by atoms with Crippen molar-refractivity contribution < 1.29 is 4.79 Å².